The van der Waals surface area contributed by atoms with Gasteiger partial charge in [-0.2, -0.15) is 0 Å². The maximum atomic E-state index is 12.6. The van der Waals surface area contributed by atoms with Crippen molar-refractivity contribution >= 4 is 9.84 Å². The van der Waals surface area contributed by atoms with Gasteiger partial charge in [0.25, 0.3) is 5.56 Å². The number of aromatic nitrogens is 1. The summed E-state index contributed by atoms with van der Waals surface area (Å²) < 4.78 is 26.7. The molecule has 1 aromatic heterocycles. The number of sulfone groups is 1. The largest absolute Gasteiger partial charge is 0.311 e. The maximum Gasteiger partial charge on any atom is 0.250 e. The zero-order chi connectivity index (χ0) is 13.5. The minimum atomic E-state index is -3.54. The van der Waals surface area contributed by atoms with E-state index in [9.17, 15) is 13.2 Å². The lowest BCUT2D eigenvalue weighted by Gasteiger charge is -2.10. The minimum Gasteiger partial charge on any atom is -0.311 e. The van der Waals surface area contributed by atoms with E-state index in [1.165, 1.54) is 12.1 Å². The highest BCUT2D eigenvalue weighted by Gasteiger charge is 2.25. The molecule has 0 amide bonds. The normalized spacial score (nSPS) is 14.3. The van der Waals surface area contributed by atoms with E-state index in [4.69, 9.17) is 0 Å². The minimum absolute atomic E-state index is 0.125. The van der Waals surface area contributed by atoms with Crippen LogP contribution in [-0.4, -0.2) is 13.0 Å². The number of benzene rings is 1. The Bertz CT molecular complexity index is 776. The zero-order valence-electron chi connectivity index (χ0n) is 10.2. The SMILES string of the molecule is O=c1ccc(S(=O)(=O)c2ccccc2)c2n1CCC2. The Kier molecular flexibility index (Phi) is 2.78. The van der Waals surface area contributed by atoms with E-state index in [0.29, 0.717) is 18.7 Å². The van der Waals surface area contributed by atoms with E-state index < -0.39 is 9.84 Å². The highest BCUT2D eigenvalue weighted by molar-refractivity contribution is 7.91. The summed E-state index contributed by atoms with van der Waals surface area (Å²) in [6.45, 7) is 0.603. The van der Waals surface area contributed by atoms with Crippen LogP contribution in [0.2, 0.25) is 0 Å². The molecule has 2 heterocycles. The van der Waals surface area contributed by atoms with Gasteiger partial charge in [0.1, 0.15) is 0 Å². The Morgan fingerprint density at radius 2 is 1.74 bits per heavy atom. The van der Waals surface area contributed by atoms with Crippen LogP contribution in [0.25, 0.3) is 0 Å². The van der Waals surface area contributed by atoms with E-state index in [2.05, 4.69) is 0 Å². The Balaban J connectivity index is 2.24. The summed E-state index contributed by atoms with van der Waals surface area (Å²) in [5, 5.41) is 0. The van der Waals surface area contributed by atoms with Crippen molar-refractivity contribution in [1.29, 1.82) is 0 Å². The van der Waals surface area contributed by atoms with Crippen molar-refractivity contribution in [1.82, 2.24) is 4.57 Å². The van der Waals surface area contributed by atoms with Crippen molar-refractivity contribution < 1.29 is 8.42 Å². The Morgan fingerprint density at radius 1 is 1.00 bits per heavy atom. The van der Waals surface area contributed by atoms with Crippen LogP contribution in [0.1, 0.15) is 12.1 Å². The number of nitrogens with zero attached hydrogens (tertiary/aromatic N) is 1. The summed E-state index contributed by atoms with van der Waals surface area (Å²) in [6, 6.07) is 11.1. The molecule has 0 saturated carbocycles. The smallest absolute Gasteiger partial charge is 0.250 e. The van der Waals surface area contributed by atoms with Crippen LogP contribution < -0.4 is 5.56 Å². The lowest BCUT2D eigenvalue weighted by Crippen LogP contribution is -2.20. The zero-order valence-corrected chi connectivity index (χ0v) is 11.1. The fraction of sp³-hybridized carbons (Fsp3) is 0.214. The molecule has 1 aliphatic rings. The lowest BCUT2D eigenvalue weighted by atomic mass is 10.3. The van der Waals surface area contributed by atoms with Crippen molar-refractivity contribution in [2.24, 2.45) is 0 Å². The predicted molar refractivity (Wildman–Crippen MR) is 70.9 cm³/mol. The van der Waals surface area contributed by atoms with Crippen molar-refractivity contribution in [3.05, 3.63) is 58.5 Å². The van der Waals surface area contributed by atoms with Gasteiger partial charge in [-0.15, -0.1) is 0 Å². The molecule has 0 radical (unpaired) electrons. The molecule has 1 aliphatic heterocycles. The van der Waals surface area contributed by atoms with Gasteiger partial charge >= 0.3 is 0 Å². The first kappa shape index (κ1) is 12.2. The molecule has 0 unspecified atom stereocenters. The summed E-state index contributed by atoms with van der Waals surface area (Å²) in [6.07, 6.45) is 1.45. The number of pyridine rings is 1. The number of hydrogen-bond donors (Lipinski definition) is 0. The van der Waals surface area contributed by atoms with E-state index in [1.54, 1.807) is 34.9 Å². The van der Waals surface area contributed by atoms with Crippen LogP contribution in [0, 0.1) is 0 Å². The molecule has 5 heteroatoms. The molecule has 1 aromatic carbocycles. The fourth-order valence-electron chi connectivity index (χ4n) is 2.48. The van der Waals surface area contributed by atoms with Crippen LogP contribution in [0.4, 0.5) is 0 Å². The maximum absolute atomic E-state index is 12.6. The van der Waals surface area contributed by atoms with Crippen molar-refractivity contribution in [2.45, 2.75) is 29.2 Å². The van der Waals surface area contributed by atoms with Gasteiger partial charge in [0.05, 0.1) is 9.79 Å². The second-order valence-corrected chi connectivity index (χ2v) is 6.47. The van der Waals surface area contributed by atoms with Gasteiger partial charge in [-0.25, -0.2) is 8.42 Å². The highest BCUT2D eigenvalue weighted by atomic mass is 32.2. The number of hydrogen-bond acceptors (Lipinski definition) is 3. The number of rotatable bonds is 2. The average Bonchev–Trinajstić information content (AvgIpc) is 2.90. The topological polar surface area (TPSA) is 56.1 Å². The van der Waals surface area contributed by atoms with Gasteiger partial charge in [-0.05, 0) is 31.0 Å². The van der Waals surface area contributed by atoms with Gasteiger partial charge in [-0.1, -0.05) is 18.2 Å². The fourth-order valence-corrected chi connectivity index (χ4v) is 4.02. The Morgan fingerprint density at radius 3 is 2.47 bits per heavy atom. The monoisotopic (exact) mass is 275 g/mol. The Hall–Kier alpha value is -1.88. The van der Waals surface area contributed by atoms with E-state index in [1.807, 2.05) is 0 Å². The summed E-state index contributed by atoms with van der Waals surface area (Å²) >= 11 is 0. The molecule has 0 fully saturated rings. The summed E-state index contributed by atoms with van der Waals surface area (Å²) in [5.41, 5.74) is 0.510. The molecule has 2 aromatic rings. The summed E-state index contributed by atoms with van der Waals surface area (Å²) in [4.78, 5) is 12.2. The first-order chi connectivity index (χ1) is 9.10. The molecule has 0 bridgehead atoms. The van der Waals surface area contributed by atoms with Gasteiger partial charge in [0, 0.05) is 18.3 Å². The van der Waals surface area contributed by atoms with Crippen LogP contribution in [0.15, 0.2) is 57.1 Å². The van der Waals surface area contributed by atoms with E-state index in [-0.39, 0.29) is 15.4 Å². The quantitative estimate of drug-likeness (QED) is 0.837. The van der Waals surface area contributed by atoms with Gasteiger partial charge in [0.15, 0.2) is 0 Å². The second kappa shape index (κ2) is 4.35. The third kappa shape index (κ3) is 1.90. The van der Waals surface area contributed by atoms with Crippen LogP contribution in [0.3, 0.4) is 0 Å². The average molecular weight is 275 g/mol. The molecule has 98 valence electrons. The van der Waals surface area contributed by atoms with Gasteiger partial charge in [-0.3, -0.25) is 4.79 Å². The first-order valence-electron chi connectivity index (χ1n) is 6.13. The van der Waals surface area contributed by atoms with Crippen LogP contribution in [-0.2, 0) is 22.8 Å². The molecule has 4 nitrogen and oxygen atoms in total. The van der Waals surface area contributed by atoms with Crippen molar-refractivity contribution in [3.63, 3.8) is 0 Å². The first-order valence-corrected chi connectivity index (χ1v) is 7.62. The number of fused-ring (bicyclic) bond motifs is 1. The summed E-state index contributed by atoms with van der Waals surface area (Å²) in [7, 11) is -3.54. The van der Waals surface area contributed by atoms with Crippen molar-refractivity contribution in [3.8, 4) is 0 Å². The Labute approximate surface area is 111 Å². The standard InChI is InChI=1S/C14H13NO3S/c16-14-9-8-13(12-7-4-10-15(12)14)19(17,18)11-5-2-1-3-6-11/h1-3,5-6,8-9H,4,7,10H2. The molecule has 0 aliphatic carbocycles. The second-order valence-electron chi connectivity index (χ2n) is 4.55. The lowest BCUT2D eigenvalue weighted by molar-refractivity contribution is 0.593. The molecular weight excluding hydrogens is 262 g/mol. The molecule has 0 spiro atoms. The van der Waals surface area contributed by atoms with E-state index >= 15 is 0 Å². The molecule has 0 atom stereocenters. The molecule has 0 N–H and O–H groups in total. The third-order valence-corrected chi connectivity index (χ3v) is 5.24. The molecule has 19 heavy (non-hydrogen) atoms. The van der Waals surface area contributed by atoms with Crippen LogP contribution >= 0.6 is 0 Å². The molecule has 3 rings (SSSR count). The third-order valence-electron chi connectivity index (χ3n) is 3.39. The summed E-state index contributed by atoms with van der Waals surface area (Å²) in [5.74, 6) is 0. The van der Waals surface area contributed by atoms with Crippen molar-refractivity contribution in [2.75, 3.05) is 0 Å². The highest BCUT2D eigenvalue weighted by Crippen LogP contribution is 2.26. The van der Waals surface area contributed by atoms with Gasteiger partial charge < -0.3 is 4.57 Å². The molecule has 0 saturated heterocycles. The molecular formula is C14H13NO3S. The van der Waals surface area contributed by atoms with Gasteiger partial charge in [0.2, 0.25) is 9.84 Å². The van der Waals surface area contributed by atoms with Crippen LogP contribution in [0.5, 0.6) is 0 Å². The van der Waals surface area contributed by atoms with E-state index in [0.717, 1.165) is 6.42 Å². The predicted octanol–water partition coefficient (Wildman–Crippen LogP) is 1.63.